The SMILES string of the molecule is Cc1ccsc1C=C1Oc2cc(OCc3ccccc3)ccc2C1=O. The molecule has 1 aliphatic heterocycles. The van der Waals surface area contributed by atoms with Crippen LogP contribution < -0.4 is 9.47 Å². The molecule has 2 heterocycles. The zero-order chi connectivity index (χ0) is 17.2. The van der Waals surface area contributed by atoms with Gasteiger partial charge in [-0.2, -0.15) is 0 Å². The molecule has 0 saturated heterocycles. The Morgan fingerprint density at radius 2 is 1.96 bits per heavy atom. The molecular weight excluding hydrogens is 332 g/mol. The zero-order valence-corrected chi connectivity index (χ0v) is 14.5. The van der Waals surface area contributed by atoms with Crippen LogP contribution >= 0.6 is 11.3 Å². The molecule has 124 valence electrons. The smallest absolute Gasteiger partial charge is 0.232 e. The zero-order valence-electron chi connectivity index (χ0n) is 13.7. The van der Waals surface area contributed by atoms with E-state index in [1.165, 1.54) is 0 Å². The van der Waals surface area contributed by atoms with Crippen LogP contribution in [0.4, 0.5) is 0 Å². The van der Waals surface area contributed by atoms with Crippen LogP contribution in [0.15, 0.2) is 65.7 Å². The summed E-state index contributed by atoms with van der Waals surface area (Å²) in [4.78, 5) is 13.5. The Balaban J connectivity index is 1.53. The molecule has 2 aromatic carbocycles. The minimum atomic E-state index is -0.0857. The maximum atomic E-state index is 12.5. The van der Waals surface area contributed by atoms with Gasteiger partial charge in [-0.25, -0.2) is 0 Å². The van der Waals surface area contributed by atoms with Gasteiger partial charge in [0.2, 0.25) is 5.78 Å². The molecule has 4 heteroatoms. The van der Waals surface area contributed by atoms with Gasteiger partial charge in [0.25, 0.3) is 0 Å². The van der Waals surface area contributed by atoms with Crippen LogP contribution in [0, 0.1) is 6.92 Å². The van der Waals surface area contributed by atoms with Crippen molar-refractivity contribution in [1.82, 2.24) is 0 Å². The van der Waals surface area contributed by atoms with E-state index in [2.05, 4.69) is 0 Å². The highest BCUT2D eigenvalue weighted by Gasteiger charge is 2.28. The van der Waals surface area contributed by atoms with Gasteiger partial charge in [-0.1, -0.05) is 30.3 Å². The summed E-state index contributed by atoms with van der Waals surface area (Å²) in [6.07, 6.45) is 1.81. The van der Waals surface area contributed by atoms with E-state index in [-0.39, 0.29) is 5.78 Å². The van der Waals surface area contributed by atoms with Crippen LogP contribution in [0.5, 0.6) is 11.5 Å². The maximum absolute atomic E-state index is 12.5. The molecule has 0 fully saturated rings. The third-order valence-electron chi connectivity index (χ3n) is 4.05. The fourth-order valence-electron chi connectivity index (χ4n) is 2.65. The second-order valence-corrected chi connectivity index (χ2v) is 6.79. The highest BCUT2D eigenvalue weighted by Crippen LogP contribution is 2.35. The van der Waals surface area contributed by atoms with Crippen molar-refractivity contribution >= 4 is 23.2 Å². The first-order chi connectivity index (χ1) is 12.2. The van der Waals surface area contributed by atoms with E-state index >= 15 is 0 Å². The molecule has 3 aromatic rings. The standard InChI is InChI=1S/C21H16O3S/c1-14-9-10-25-20(14)12-19-21(22)17-8-7-16(11-18(17)24-19)23-13-15-5-3-2-4-6-15/h2-12H,13H2,1H3. The Bertz CT molecular complexity index is 954. The van der Waals surface area contributed by atoms with Gasteiger partial charge in [-0.3, -0.25) is 4.79 Å². The van der Waals surface area contributed by atoms with Gasteiger partial charge in [0.15, 0.2) is 5.76 Å². The highest BCUT2D eigenvalue weighted by molar-refractivity contribution is 7.11. The maximum Gasteiger partial charge on any atom is 0.232 e. The quantitative estimate of drug-likeness (QED) is 0.604. The van der Waals surface area contributed by atoms with Crippen molar-refractivity contribution < 1.29 is 14.3 Å². The number of carbonyl (C=O) groups excluding carboxylic acids is 1. The summed E-state index contributed by atoms with van der Waals surface area (Å²) in [6, 6.07) is 17.3. The Hall–Kier alpha value is -2.85. The van der Waals surface area contributed by atoms with Crippen molar-refractivity contribution in [2.45, 2.75) is 13.5 Å². The third-order valence-corrected chi connectivity index (χ3v) is 5.02. The van der Waals surface area contributed by atoms with Crippen LogP contribution in [0.25, 0.3) is 6.08 Å². The molecule has 1 aromatic heterocycles. The summed E-state index contributed by atoms with van der Waals surface area (Å²) in [7, 11) is 0. The average molecular weight is 348 g/mol. The summed E-state index contributed by atoms with van der Waals surface area (Å²) in [6.45, 7) is 2.50. The van der Waals surface area contributed by atoms with Gasteiger partial charge in [0.05, 0.1) is 5.56 Å². The summed E-state index contributed by atoms with van der Waals surface area (Å²) < 4.78 is 11.6. The molecule has 0 spiro atoms. The molecule has 0 unspecified atom stereocenters. The Kier molecular flexibility index (Phi) is 4.12. The van der Waals surface area contributed by atoms with E-state index in [1.807, 2.05) is 60.8 Å². The van der Waals surface area contributed by atoms with Crippen LogP contribution in [0.3, 0.4) is 0 Å². The van der Waals surface area contributed by atoms with E-state index in [0.29, 0.717) is 29.4 Å². The fraction of sp³-hybridized carbons (Fsp3) is 0.0952. The van der Waals surface area contributed by atoms with Crippen molar-refractivity contribution in [2.24, 2.45) is 0 Å². The Morgan fingerprint density at radius 3 is 2.72 bits per heavy atom. The van der Waals surface area contributed by atoms with Gasteiger partial charge in [0.1, 0.15) is 18.1 Å². The Morgan fingerprint density at radius 1 is 1.12 bits per heavy atom. The number of Topliss-reactive ketones (excluding diaryl/α,β-unsaturated/α-hetero) is 1. The molecule has 3 nitrogen and oxygen atoms in total. The van der Waals surface area contributed by atoms with Crippen molar-refractivity contribution in [3.05, 3.63) is 87.3 Å². The van der Waals surface area contributed by atoms with E-state index in [0.717, 1.165) is 16.0 Å². The van der Waals surface area contributed by atoms with E-state index < -0.39 is 0 Å². The lowest BCUT2D eigenvalue weighted by molar-refractivity contribution is 0.101. The normalized spacial score (nSPS) is 14.4. The number of hydrogen-bond acceptors (Lipinski definition) is 4. The van der Waals surface area contributed by atoms with Gasteiger partial charge >= 0.3 is 0 Å². The first kappa shape index (κ1) is 15.7. The lowest BCUT2D eigenvalue weighted by Gasteiger charge is -2.07. The number of allylic oxidation sites excluding steroid dienone is 1. The van der Waals surface area contributed by atoms with E-state index in [4.69, 9.17) is 9.47 Å². The van der Waals surface area contributed by atoms with E-state index in [9.17, 15) is 4.79 Å². The lowest BCUT2D eigenvalue weighted by atomic mass is 10.1. The molecule has 0 bridgehead atoms. The number of carbonyl (C=O) groups is 1. The number of rotatable bonds is 4. The van der Waals surface area contributed by atoms with Crippen molar-refractivity contribution in [3.8, 4) is 11.5 Å². The summed E-state index contributed by atoms with van der Waals surface area (Å²) >= 11 is 1.59. The predicted molar refractivity (Wildman–Crippen MR) is 99.2 cm³/mol. The van der Waals surface area contributed by atoms with Crippen molar-refractivity contribution in [3.63, 3.8) is 0 Å². The monoisotopic (exact) mass is 348 g/mol. The average Bonchev–Trinajstić information content (AvgIpc) is 3.18. The molecule has 0 saturated carbocycles. The number of ketones is 1. The minimum Gasteiger partial charge on any atom is -0.489 e. The topological polar surface area (TPSA) is 35.5 Å². The largest absolute Gasteiger partial charge is 0.489 e. The van der Waals surface area contributed by atoms with Crippen LogP contribution in [0.2, 0.25) is 0 Å². The molecule has 0 radical (unpaired) electrons. The number of hydrogen-bond donors (Lipinski definition) is 0. The molecule has 25 heavy (non-hydrogen) atoms. The number of benzene rings is 2. The van der Waals surface area contributed by atoms with Crippen LogP contribution in [-0.2, 0) is 6.61 Å². The number of fused-ring (bicyclic) bond motifs is 1. The first-order valence-electron chi connectivity index (χ1n) is 8.00. The first-order valence-corrected chi connectivity index (χ1v) is 8.88. The molecular formula is C21H16O3S. The van der Waals surface area contributed by atoms with Crippen LogP contribution in [0.1, 0.15) is 26.4 Å². The van der Waals surface area contributed by atoms with Crippen molar-refractivity contribution in [1.29, 1.82) is 0 Å². The summed E-state index contributed by atoms with van der Waals surface area (Å²) in [5, 5.41) is 2.00. The molecule has 0 N–H and O–H groups in total. The second-order valence-electron chi connectivity index (χ2n) is 5.84. The van der Waals surface area contributed by atoms with E-state index in [1.54, 1.807) is 23.5 Å². The molecule has 1 aliphatic rings. The summed E-state index contributed by atoms with van der Waals surface area (Å²) in [5.74, 6) is 1.51. The predicted octanol–water partition coefficient (Wildman–Crippen LogP) is 5.25. The third kappa shape index (κ3) is 3.21. The molecule has 0 atom stereocenters. The fourth-order valence-corrected chi connectivity index (χ4v) is 3.50. The molecule has 4 rings (SSSR count). The summed E-state index contributed by atoms with van der Waals surface area (Å²) in [5.41, 5.74) is 2.80. The highest BCUT2D eigenvalue weighted by atomic mass is 32.1. The van der Waals surface area contributed by atoms with Gasteiger partial charge in [-0.15, -0.1) is 11.3 Å². The molecule has 0 amide bonds. The number of ether oxygens (including phenoxy) is 2. The van der Waals surface area contributed by atoms with Crippen molar-refractivity contribution in [2.75, 3.05) is 0 Å². The second kappa shape index (κ2) is 6.57. The molecule has 0 aliphatic carbocycles. The van der Waals surface area contributed by atoms with Gasteiger partial charge in [0, 0.05) is 17.0 Å². The van der Waals surface area contributed by atoms with Crippen LogP contribution in [-0.4, -0.2) is 5.78 Å². The van der Waals surface area contributed by atoms with Gasteiger partial charge < -0.3 is 9.47 Å². The minimum absolute atomic E-state index is 0.0857. The lowest BCUT2D eigenvalue weighted by Crippen LogP contribution is -1.97. The Labute approximate surface area is 150 Å². The van der Waals surface area contributed by atoms with Gasteiger partial charge in [-0.05, 0) is 41.6 Å². The number of aryl methyl sites for hydroxylation is 1. The number of thiophene rings is 1.